The molecule has 0 amide bonds. The van der Waals surface area contributed by atoms with Crippen LogP contribution in [0.3, 0.4) is 0 Å². The summed E-state index contributed by atoms with van der Waals surface area (Å²) in [5, 5.41) is 3.54. The average molecular weight is 272 g/mol. The van der Waals surface area contributed by atoms with Gasteiger partial charge in [-0.15, -0.1) is 0 Å². The van der Waals surface area contributed by atoms with Crippen molar-refractivity contribution < 1.29 is 0 Å². The van der Waals surface area contributed by atoms with E-state index < -0.39 is 8.80 Å². The van der Waals surface area contributed by atoms with Gasteiger partial charge in [0.15, 0.2) is 0 Å². The number of hydrogen-bond acceptors (Lipinski definition) is 1. The summed E-state index contributed by atoms with van der Waals surface area (Å²) in [6, 6.07) is 0. The molecule has 0 fully saturated rings. The molecule has 0 aliphatic carbocycles. The first-order valence-electron chi connectivity index (χ1n) is 8.43. The smallest absolute Gasteiger partial charge is 0.0352 e. The first-order chi connectivity index (χ1) is 8.72. The molecule has 0 aromatic heterocycles. The molecule has 18 heavy (non-hydrogen) atoms. The van der Waals surface area contributed by atoms with Crippen LogP contribution in [0.2, 0.25) is 18.6 Å². The van der Waals surface area contributed by atoms with E-state index in [1.807, 2.05) is 0 Å². The number of rotatable bonds is 13. The Balaban J connectivity index is 3.37. The van der Waals surface area contributed by atoms with Crippen LogP contribution in [0.25, 0.3) is 0 Å². The van der Waals surface area contributed by atoms with Crippen molar-refractivity contribution in [2.75, 3.05) is 13.1 Å². The Labute approximate surface area is 118 Å². The Hall–Kier alpha value is 0.177. The van der Waals surface area contributed by atoms with E-state index >= 15 is 0 Å². The maximum Gasteiger partial charge on any atom is 0.0352 e. The fourth-order valence-electron chi connectivity index (χ4n) is 2.54. The molecule has 0 heterocycles. The topological polar surface area (TPSA) is 12.0 Å². The van der Waals surface area contributed by atoms with Gasteiger partial charge in [-0.2, -0.15) is 0 Å². The van der Waals surface area contributed by atoms with Gasteiger partial charge in [-0.25, -0.2) is 0 Å². The summed E-state index contributed by atoms with van der Waals surface area (Å²) in [5.41, 5.74) is 1.02. The summed E-state index contributed by atoms with van der Waals surface area (Å²) in [7, 11) is -0.454. The second-order valence-electron chi connectivity index (χ2n) is 6.08. The van der Waals surface area contributed by atoms with Crippen LogP contribution in [0.1, 0.15) is 71.6 Å². The summed E-state index contributed by atoms with van der Waals surface area (Å²) in [6.07, 6.45) is 13.1. The van der Waals surface area contributed by atoms with Gasteiger partial charge in [0.1, 0.15) is 0 Å². The Kier molecular flexibility index (Phi) is 13.7. The quantitative estimate of drug-likeness (QED) is 0.368. The van der Waals surface area contributed by atoms with Gasteiger partial charge in [0, 0.05) is 8.80 Å². The molecule has 0 spiro atoms. The monoisotopic (exact) mass is 271 g/mol. The van der Waals surface area contributed by atoms with Crippen molar-refractivity contribution in [1.29, 1.82) is 0 Å². The number of nitrogens with one attached hydrogen (secondary N) is 1. The second-order valence-corrected chi connectivity index (χ2v) is 9.51. The maximum atomic E-state index is 3.54. The number of hydrogen-bond donors (Lipinski definition) is 1. The molecule has 0 rings (SSSR count). The highest BCUT2D eigenvalue weighted by Gasteiger charge is 2.12. The van der Waals surface area contributed by atoms with Gasteiger partial charge in [-0.1, -0.05) is 84.7 Å². The average Bonchev–Trinajstić information content (AvgIpc) is 2.35. The molecule has 1 atom stereocenters. The van der Waals surface area contributed by atoms with Crippen molar-refractivity contribution in [3.05, 3.63) is 0 Å². The van der Waals surface area contributed by atoms with Crippen molar-refractivity contribution in [2.24, 2.45) is 0 Å². The molecule has 0 aromatic rings. The van der Waals surface area contributed by atoms with Crippen LogP contribution >= 0.6 is 0 Å². The van der Waals surface area contributed by atoms with Gasteiger partial charge in [0.2, 0.25) is 0 Å². The molecule has 0 saturated heterocycles. The predicted molar refractivity (Wildman–Crippen MR) is 88.4 cm³/mol. The van der Waals surface area contributed by atoms with Gasteiger partial charge in [-0.3, -0.25) is 0 Å². The van der Waals surface area contributed by atoms with Gasteiger partial charge in [0.25, 0.3) is 0 Å². The van der Waals surface area contributed by atoms with E-state index in [-0.39, 0.29) is 0 Å². The van der Waals surface area contributed by atoms with E-state index in [2.05, 4.69) is 32.3 Å². The Morgan fingerprint density at radius 3 is 1.89 bits per heavy atom. The van der Waals surface area contributed by atoms with E-state index in [1.54, 1.807) is 0 Å². The van der Waals surface area contributed by atoms with Crippen LogP contribution in [0.15, 0.2) is 0 Å². The van der Waals surface area contributed by atoms with Crippen LogP contribution in [0, 0.1) is 0 Å². The normalized spacial score (nSPS) is 13.2. The van der Waals surface area contributed by atoms with E-state index in [0.29, 0.717) is 0 Å². The standard InChI is InChI=1S/C16H37NSi/c1-5-7-8-9-10-11-12-13-14-16(18(3)4)15-17-6-2/h16-18H,5-15H2,1-4H3. The molecule has 0 radical (unpaired) electrons. The van der Waals surface area contributed by atoms with Gasteiger partial charge >= 0.3 is 0 Å². The summed E-state index contributed by atoms with van der Waals surface area (Å²) < 4.78 is 0. The molecule has 2 heteroatoms. The highest BCUT2D eigenvalue weighted by molar-refractivity contribution is 6.57. The molecular weight excluding hydrogens is 234 g/mol. The van der Waals surface area contributed by atoms with Gasteiger partial charge < -0.3 is 5.32 Å². The molecule has 0 aliphatic rings. The van der Waals surface area contributed by atoms with Crippen molar-refractivity contribution in [2.45, 2.75) is 90.3 Å². The zero-order chi connectivity index (χ0) is 13.6. The van der Waals surface area contributed by atoms with E-state index in [9.17, 15) is 0 Å². The van der Waals surface area contributed by atoms with E-state index in [4.69, 9.17) is 0 Å². The summed E-state index contributed by atoms with van der Waals surface area (Å²) in [6.45, 7) is 11.9. The van der Waals surface area contributed by atoms with Gasteiger partial charge in [-0.05, 0) is 18.6 Å². The molecule has 1 N–H and O–H groups in total. The Bertz CT molecular complexity index is 159. The Morgan fingerprint density at radius 2 is 1.39 bits per heavy atom. The fraction of sp³-hybridized carbons (Fsp3) is 1.00. The molecule has 0 aromatic carbocycles. The molecule has 1 unspecified atom stereocenters. The summed E-state index contributed by atoms with van der Waals surface area (Å²) in [4.78, 5) is 0. The molecule has 0 saturated carbocycles. The van der Waals surface area contributed by atoms with Crippen LogP contribution < -0.4 is 5.32 Å². The molecule has 0 aliphatic heterocycles. The second kappa shape index (κ2) is 13.6. The van der Waals surface area contributed by atoms with Crippen molar-refractivity contribution in [3.63, 3.8) is 0 Å². The zero-order valence-electron chi connectivity index (χ0n) is 13.4. The zero-order valence-corrected chi connectivity index (χ0v) is 14.6. The van der Waals surface area contributed by atoms with Crippen molar-refractivity contribution in [1.82, 2.24) is 5.32 Å². The highest BCUT2D eigenvalue weighted by atomic mass is 28.3. The van der Waals surface area contributed by atoms with Crippen LogP contribution in [-0.4, -0.2) is 21.9 Å². The van der Waals surface area contributed by atoms with Gasteiger partial charge in [0.05, 0.1) is 0 Å². The van der Waals surface area contributed by atoms with Crippen molar-refractivity contribution in [3.8, 4) is 0 Å². The third kappa shape index (κ3) is 11.3. The SMILES string of the molecule is CCCCCCCCCCC(CNCC)[SiH](C)C. The Morgan fingerprint density at radius 1 is 0.833 bits per heavy atom. The lowest BCUT2D eigenvalue weighted by atomic mass is 10.1. The van der Waals surface area contributed by atoms with Crippen LogP contribution in [-0.2, 0) is 0 Å². The minimum atomic E-state index is -0.454. The predicted octanol–water partition coefficient (Wildman–Crippen LogP) is 4.98. The molecule has 110 valence electrons. The minimum Gasteiger partial charge on any atom is -0.317 e. The first kappa shape index (κ1) is 18.2. The molecule has 0 bridgehead atoms. The largest absolute Gasteiger partial charge is 0.317 e. The maximum absolute atomic E-state index is 3.54. The molecular formula is C16H37NSi. The van der Waals surface area contributed by atoms with E-state index in [1.165, 1.54) is 64.3 Å². The summed E-state index contributed by atoms with van der Waals surface area (Å²) >= 11 is 0. The third-order valence-corrected chi connectivity index (χ3v) is 6.48. The number of unbranched alkanes of at least 4 members (excludes halogenated alkanes) is 7. The van der Waals surface area contributed by atoms with Crippen LogP contribution in [0.5, 0.6) is 0 Å². The van der Waals surface area contributed by atoms with Crippen molar-refractivity contribution >= 4 is 8.80 Å². The fourth-order valence-corrected chi connectivity index (χ4v) is 4.08. The molecule has 1 nitrogen and oxygen atoms in total. The third-order valence-electron chi connectivity index (χ3n) is 4.03. The first-order valence-corrected chi connectivity index (χ1v) is 11.4. The summed E-state index contributed by atoms with van der Waals surface area (Å²) in [5.74, 6) is 0. The highest BCUT2D eigenvalue weighted by Crippen LogP contribution is 2.19. The minimum absolute atomic E-state index is 0.454. The van der Waals surface area contributed by atoms with Crippen LogP contribution in [0.4, 0.5) is 0 Å². The lowest BCUT2D eigenvalue weighted by Crippen LogP contribution is -2.26. The van der Waals surface area contributed by atoms with E-state index in [0.717, 1.165) is 12.1 Å². The lowest BCUT2D eigenvalue weighted by molar-refractivity contribution is 0.543. The lowest BCUT2D eigenvalue weighted by Gasteiger charge is -2.20.